The largest absolute Gasteiger partial charge is 0.329 e. The number of likely N-dealkylation sites (tertiary alicyclic amines) is 1. The lowest BCUT2D eigenvalue weighted by atomic mass is 9.88. The van der Waals surface area contributed by atoms with Crippen LogP contribution in [0.4, 0.5) is 4.39 Å². The summed E-state index contributed by atoms with van der Waals surface area (Å²) in [5.41, 5.74) is 6.65. The van der Waals surface area contributed by atoms with Crippen LogP contribution in [0.5, 0.6) is 0 Å². The molecule has 0 spiro atoms. The van der Waals surface area contributed by atoms with Gasteiger partial charge in [-0.05, 0) is 31.4 Å². The number of benzene rings is 1. The van der Waals surface area contributed by atoms with E-state index in [0.717, 1.165) is 24.4 Å². The average Bonchev–Trinajstić information content (AvgIpc) is 2.41. The van der Waals surface area contributed by atoms with E-state index in [4.69, 9.17) is 5.73 Å². The molecule has 1 saturated heterocycles. The van der Waals surface area contributed by atoms with Gasteiger partial charge >= 0.3 is 0 Å². The minimum Gasteiger partial charge on any atom is -0.329 e. The van der Waals surface area contributed by atoms with Gasteiger partial charge in [0.15, 0.2) is 0 Å². The molecule has 0 bridgehead atoms. The Kier molecular flexibility index (Phi) is 4.72. The minimum atomic E-state index is -0.106. The van der Waals surface area contributed by atoms with Gasteiger partial charge in [-0.25, -0.2) is 4.39 Å². The standard InChI is InChI=1S/C15H23FN2/c1-2-12-7-8-18(14(9-12)10-17)11-13-5-3-4-6-15(13)16/h3-6,12,14H,2,7-11,17H2,1H3. The van der Waals surface area contributed by atoms with Crippen LogP contribution in [0.25, 0.3) is 0 Å². The molecule has 1 aliphatic rings. The smallest absolute Gasteiger partial charge is 0.127 e. The number of hydrogen-bond acceptors (Lipinski definition) is 2. The Morgan fingerprint density at radius 2 is 2.17 bits per heavy atom. The predicted octanol–water partition coefficient (Wildman–Crippen LogP) is 2.78. The van der Waals surface area contributed by atoms with Gasteiger partial charge in [0.2, 0.25) is 0 Å². The van der Waals surface area contributed by atoms with Crippen molar-refractivity contribution in [1.82, 2.24) is 4.90 Å². The van der Waals surface area contributed by atoms with Crippen molar-refractivity contribution in [3.05, 3.63) is 35.6 Å². The van der Waals surface area contributed by atoms with Crippen molar-refractivity contribution in [3.8, 4) is 0 Å². The zero-order chi connectivity index (χ0) is 13.0. The van der Waals surface area contributed by atoms with Crippen molar-refractivity contribution in [2.24, 2.45) is 11.7 Å². The number of rotatable bonds is 4. The van der Waals surface area contributed by atoms with Gasteiger partial charge in [0.1, 0.15) is 5.82 Å². The highest BCUT2D eigenvalue weighted by atomic mass is 19.1. The van der Waals surface area contributed by atoms with Crippen molar-refractivity contribution in [2.75, 3.05) is 13.1 Å². The third-order valence-corrected chi connectivity index (χ3v) is 4.13. The molecular formula is C15H23FN2. The third-order valence-electron chi connectivity index (χ3n) is 4.13. The Hall–Kier alpha value is -0.930. The van der Waals surface area contributed by atoms with Crippen molar-refractivity contribution in [3.63, 3.8) is 0 Å². The first kappa shape index (κ1) is 13.5. The maximum absolute atomic E-state index is 13.7. The molecule has 1 aromatic rings. The number of piperidine rings is 1. The number of hydrogen-bond donors (Lipinski definition) is 1. The molecule has 1 aliphatic heterocycles. The number of nitrogens with zero attached hydrogens (tertiary/aromatic N) is 1. The lowest BCUT2D eigenvalue weighted by Gasteiger charge is -2.38. The van der Waals surface area contributed by atoms with Gasteiger partial charge in [-0.3, -0.25) is 4.90 Å². The molecule has 0 aromatic heterocycles. The molecule has 2 unspecified atom stereocenters. The quantitative estimate of drug-likeness (QED) is 0.890. The Morgan fingerprint density at radius 3 is 2.83 bits per heavy atom. The molecule has 2 nitrogen and oxygen atoms in total. The highest BCUT2D eigenvalue weighted by molar-refractivity contribution is 5.17. The molecule has 1 aromatic carbocycles. The van der Waals surface area contributed by atoms with Crippen LogP contribution >= 0.6 is 0 Å². The minimum absolute atomic E-state index is 0.106. The van der Waals surface area contributed by atoms with Crippen LogP contribution in [0.3, 0.4) is 0 Å². The normalized spacial score (nSPS) is 25.3. The van der Waals surface area contributed by atoms with Crippen LogP contribution < -0.4 is 5.73 Å². The van der Waals surface area contributed by atoms with Gasteiger partial charge in [0.25, 0.3) is 0 Å². The summed E-state index contributed by atoms with van der Waals surface area (Å²) in [4.78, 5) is 2.34. The van der Waals surface area contributed by atoms with Crippen LogP contribution in [0, 0.1) is 11.7 Å². The summed E-state index contributed by atoms with van der Waals surface area (Å²) < 4.78 is 13.7. The summed E-state index contributed by atoms with van der Waals surface area (Å²) >= 11 is 0. The third kappa shape index (κ3) is 3.09. The molecule has 2 rings (SSSR count). The van der Waals surface area contributed by atoms with E-state index < -0.39 is 0 Å². The first-order valence-electron chi connectivity index (χ1n) is 6.92. The van der Waals surface area contributed by atoms with E-state index in [9.17, 15) is 4.39 Å². The molecule has 2 atom stereocenters. The number of nitrogens with two attached hydrogens (primary N) is 1. The Labute approximate surface area is 109 Å². The second-order valence-electron chi connectivity index (χ2n) is 5.25. The van der Waals surface area contributed by atoms with Gasteiger partial charge in [-0.1, -0.05) is 31.5 Å². The molecule has 0 radical (unpaired) electrons. The summed E-state index contributed by atoms with van der Waals surface area (Å²) in [5, 5.41) is 0. The summed E-state index contributed by atoms with van der Waals surface area (Å²) in [6.45, 7) is 4.63. The average molecular weight is 250 g/mol. The highest BCUT2D eigenvalue weighted by Crippen LogP contribution is 2.26. The highest BCUT2D eigenvalue weighted by Gasteiger charge is 2.26. The molecule has 1 fully saturated rings. The van der Waals surface area contributed by atoms with E-state index in [1.807, 2.05) is 12.1 Å². The molecule has 100 valence electrons. The van der Waals surface area contributed by atoms with Gasteiger partial charge in [-0.15, -0.1) is 0 Å². The van der Waals surface area contributed by atoms with E-state index in [1.54, 1.807) is 6.07 Å². The van der Waals surface area contributed by atoms with Crippen LogP contribution in [0.2, 0.25) is 0 Å². The van der Waals surface area contributed by atoms with Gasteiger partial charge in [-0.2, -0.15) is 0 Å². The monoisotopic (exact) mass is 250 g/mol. The summed E-state index contributed by atoms with van der Waals surface area (Å²) in [6.07, 6.45) is 3.59. The fourth-order valence-corrected chi connectivity index (χ4v) is 2.85. The molecular weight excluding hydrogens is 227 g/mol. The zero-order valence-electron chi connectivity index (χ0n) is 11.1. The Balaban J connectivity index is 2.02. The van der Waals surface area contributed by atoms with E-state index in [-0.39, 0.29) is 5.82 Å². The van der Waals surface area contributed by atoms with Crippen molar-refractivity contribution in [1.29, 1.82) is 0 Å². The van der Waals surface area contributed by atoms with Crippen LogP contribution in [0.15, 0.2) is 24.3 Å². The molecule has 0 aliphatic carbocycles. The SMILES string of the molecule is CCC1CCN(Cc2ccccc2F)C(CN)C1. The van der Waals surface area contributed by atoms with Gasteiger partial charge < -0.3 is 5.73 Å². The molecule has 3 heteroatoms. The summed E-state index contributed by atoms with van der Waals surface area (Å²) in [7, 11) is 0. The number of halogens is 1. The fourth-order valence-electron chi connectivity index (χ4n) is 2.85. The van der Waals surface area contributed by atoms with E-state index in [2.05, 4.69) is 11.8 Å². The zero-order valence-corrected chi connectivity index (χ0v) is 11.1. The van der Waals surface area contributed by atoms with Crippen molar-refractivity contribution < 1.29 is 4.39 Å². The maximum Gasteiger partial charge on any atom is 0.127 e. The first-order valence-corrected chi connectivity index (χ1v) is 6.92. The Bertz CT molecular complexity index is 381. The lowest BCUT2D eigenvalue weighted by molar-refractivity contribution is 0.106. The molecule has 0 amide bonds. The summed E-state index contributed by atoms with van der Waals surface area (Å²) in [6, 6.07) is 7.45. The second kappa shape index (κ2) is 6.30. The molecule has 18 heavy (non-hydrogen) atoms. The fraction of sp³-hybridized carbons (Fsp3) is 0.600. The van der Waals surface area contributed by atoms with Crippen LogP contribution in [0.1, 0.15) is 31.7 Å². The van der Waals surface area contributed by atoms with E-state index >= 15 is 0 Å². The molecule has 1 heterocycles. The topological polar surface area (TPSA) is 29.3 Å². The molecule has 2 N–H and O–H groups in total. The molecule has 0 saturated carbocycles. The van der Waals surface area contributed by atoms with Gasteiger partial charge in [0.05, 0.1) is 0 Å². The second-order valence-corrected chi connectivity index (χ2v) is 5.25. The van der Waals surface area contributed by atoms with Crippen LogP contribution in [-0.4, -0.2) is 24.0 Å². The van der Waals surface area contributed by atoms with Gasteiger partial charge in [0, 0.05) is 24.7 Å². The van der Waals surface area contributed by atoms with Crippen molar-refractivity contribution in [2.45, 2.75) is 38.8 Å². The van der Waals surface area contributed by atoms with Crippen molar-refractivity contribution >= 4 is 0 Å². The lowest BCUT2D eigenvalue weighted by Crippen LogP contribution is -2.46. The van der Waals surface area contributed by atoms with E-state index in [1.165, 1.54) is 18.9 Å². The Morgan fingerprint density at radius 1 is 1.39 bits per heavy atom. The summed E-state index contributed by atoms with van der Waals surface area (Å²) in [5.74, 6) is 0.682. The first-order chi connectivity index (χ1) is 8.74. The van der Waals surface area contributed by atoms with E-state index in [0.29, 0.717) is 19.1 Å². The van der Waals surface area contributed by atoms with Crippen LogP contribution in [-0.2, 0) is 6.54 Å². The predicted molar refractivity (Wildman–Crippen MR) is 72.7 cm³/mol. The maximum atomic E-state index is 13.7.